The van der Waals surface area contributed by atoms with Crippen molar-refractivity contribution in [2.24, 2.45) is 0 Å². The van der Waals surface area contributed by atoms with Gasteiger partial charge in [0.2, 0.25) is 0 Å². The quantitative estimate of drug-likeness (QED) is 0.509. The van der Waals surface area contributed by atoms with Crippen molar-refractivity contribution in [2.45, 2.75) is 6.54 Å². The van der Waals surface area contributed by atoms with Gasteiger partial charge in [-0.25, -0.2) is 14.4 Å². The van der Waals surface area contributed by atoms with Crippen molar-refractivity contribution < 1.29 is 13.8 Å². The SMILES string of the molecule is O=C1Cn2oc(=O)ccc(=O)on1c2=O. The largest absolute Gasteiger partial charge is 0.394 e. The highest BCUT2D eigenvalue weighted by Gasteiger charge is 2.21. The Hall–Kier alpha value is -2.38. The molecule has 0 radical (unpaired) electrons. The van der Waals surface area contributed by atoms with Gasteiger partial charge >= 0.3 is 16.9 Å². The van der Waals surface area contributed by atoms with Crippen LogP contribution in [0.1, 0.15) is 4.79 Å². The molecule has 2 heterocycles. The maximum absolute atomic E-state index is 11.3. The maximum Gasteiger partial charge on any atom is 0.394 e. The molecule has 8 heteroatoms. The molecular weight excluding hydrogens is 208 g/mol. The summed E-state index contributed by atoms with van der Waals surface area (Å²) in [6.45, 7) is -0.467. The molecule has 0 N–H and O–H groups in total. The lowest BCUT2D eigenvalue weighted by molar-refractivity contribution is 0.0772. The van der Waals surface area contributed by atoms with E-state index in [4.69, 9.17) is 0 Å². The fourth-order valence-electron chi connectivity index (χ4n) is 1.02. The molecule has 0 fully saturated rings. The molecule has 1 aromatic rings. The molecule has 1 aromatic heterocycles. The number of fused-ring (bicyclic) bond motifs is 2. The molecule has 2 rings (SSSR count). The van der Waals surface area contributed by atoms with Crippen LogP contribution in [0.25, 0.3) is 0 Å². The molecule has 0 unspecified atom stereocenters. The second-order valence-electron chi connectivity index (χ2n) is 2.66. The lowest BCUT2D eigenvalue weighted by Gasteiger charge is -1.86. The zero-order valence-corrected chi connectivity index (χ0v) is 7.21. The first kappa shape index (κ1) is 9.19. The average molecular weight is 212 g/mol. The number of hydrogen-bond acceptors (Lipinski definition) is 6. The first-order chi connectivity index (χ1) is 7.08. The van der Waals surface area contributed by atoms with Crippen LogP contribution in [0.5, 0.6) is 0 Å². The molecule has 78 valence electrons. The highest BCUT2D eigenvalue weighted by atomic mass is 16.6. The topological polar surface area (TPSA) is 104 Å². The van der Waals surface area contributed by atoms with Crippen LogP contribution in [0.2, 0.25) is 0 Å². The highest BCUT2D eigenvalue weighted by Crippen LogP contribution is 1.88. The monoisotopic (exact) mass is 212 g/mol. The van der Waals surface area contributed by atoms with Gasteiger partial charge in [-0.05, 0) is 0 Å². The first-order valence-corrected chi connectivity index (χ1v) is 3.84. The van der Waals surface area contributed by atoms with Gasteiger partial charge < -0.3 is 9.05 Å². The maximum atomic E-state index is 11.3. The van der Waals surface area contributed by atoms with Crippen molar-refractivity contribution in [3.8, 4) is 0 Å². The smallest absolute Gasteiger partial charge is 0.331 e. The van der Waals surface area contributed by atoms with Crippen molar-refractivity contribution in [3.05, 3.63) is 43.5 Å². The summed E-state index contributed by atoms with van der Waals surface area (Å²) in [6.07, 6.45) is 0. The van der Waals surface area contributed by atoms with Crippen molar-refractivity contribution in [1.82, 2.24) is 9.48 Å². The summed E-state index contributed by atoms with van der Waals surface area (Å²) in [6, 6.07) is 1.55. The van der Waals surface area contributed by atoms with Gasteiger partial charge in [0.1, 0.15) is 6.54 Å². The van der Waals surface area contributed by atoms with E-state index in [2.05, 4.69) is 9.05 Å². The van der Waals surface area contributed by atoms with Gasteiger partial charge in [-0.3, -0.25) is 4.79 Å². The Morgan fingerprint density at radius 1 is 1.00 bits per heavy atom. The van der Waals surface area contributed by atoms with Gasteiger partial charge in [-0.2, -0.15) is 0 Å². The fraction of sp³-hybridized carbons (Fsp3) is 0.143. The molecule has 1 aliphatic heterocycles. The highest BCUT2D eigenvalue weighted by molar-refractivity contribution is 5.78. The second kappa shape index (κ2) is 3.08. The number of carbonyl (C=O) groups is 1. The van der Waals surface area contributed by atoms with Crippen molar-refractivity contribution in [2.75, 3.05) is 0 Å². The summed E-state index contributed by atoms with van der Waals surface area (Å²) in [5, 5.41) is 0. The van der Waals surface area contributed by atoms with E-state index in [-0.39, 0.29) is 4.74 Å². The Kier molecular flexibility index (Phi) is 1.89. The van der Waals surface area contributed by atoms with Crippen LogP contribution in [-0.2, 0) is 6.54 Å². The predicted octanol–water partition coefficient (Wildman–Crippen LogP) is -1.67. The van der Waals surface area contributed by atoms with Crippen molar-refractivity contribution in [3.63, 3.8) is 0 Å². The third-order valence-electron chi connectivity index (χ3n) is 1.63. The van der Waals surface area contributed by atoms with Crippen LogP contribution < -0.4 is 16.9 Å². The minimum absolute atomic E-state index is 0.241. The molecule has 15 heavy (non-hydrogen) atoms. The molecular formula is C7H4N2O6. The van der Waals surface area contributed by atoms with E-state index in [1.165, 1.54) is 0 Å². The number of aromatic nitrogens is 2. The Balaban J connectivity index is 3.03. The van der Waals surface area contributed by atoms with Gasteiger partial charge in [0.25, 0.3) is 5.91 Å². The number of nitrogens with zero attached hydrogens (tertiary/aromatic N) is 2. The molecule has 0 saturated heterocycles. The minimum atomic E-state index is -1.01. The summed E-state index contributed by atoms with van der Waals surface area (Å²) in [5.41, 5.74) is -2.94. The summed E-state index contributed by atoms with van der Waals surface area (Å²) in [4.78, 5) is 44.2. The van der Waals surface area contributed by atoms with Crippen LogP contribution in [0.15, 0.2) is 35.6 Å². The third kappa shape index (κ3) is 1.52. The number of hydrogen-bond donors (Lipinski definition) is 0. The van der Waals surface area contributed by atoms with E-state index in [0.29, 0.717) is 4.74 Å². The van der Waals surface area contributed by atoms with Crippen LogP contribution in [-0.4, -0.2) is 15.4 Å². The average Bonchev–Trinajstić information content (AvgIpc) is 2.44. The Morgan fingerprint density at radius 3 is 2.27 bits per heavy atom. The summed E-state index contributed by atoms with van der Waals surface area (Å²) in [5.74, 6) is -0.781. The zero-order valence-electron chi connectivity index (χ0n) is 7.21. The van der Waals surface area contributed by atoms with Crippen LogP contribution in [0.4, 0.5) is 0 Å². The van der Waals surface area contributed by atoms with E-state index in [1.807, 2.05) is 0 Å². The van der Waals surface area contributed by atoms with Crippen LogP contribution >= 0.6 is 0 Å². The third-order valence-corrected chi connectivity index (χ3v) is 1.63. The summed E-state index contributed by atoms with van der Waals surface area (Å²) >= 11 is 0. The van der Waals surface area contributed by atoms with E-state index in [9.17, 15) is 19.2 Å². The Labute approximate surface area is 80.2 Å². The lowest BCUT2D eigenvalue weighted by Crippen LogP contribution is -2.21. The molecule has 1 aliphatic rings. The van der Waals surface area contributed by atoms with E-state index >= 15 is 0 Å². The minimum Gasteiger partial charge on any atom is -0.331 e. The fourth-order valence-corrected chi connectivity index (χ4v) is 1.02. The molecule has 0 amide bonds. The number of rotatable bonds is 0. The molecule has 8 nitrogen and oxygen atoms in total. The second-order valence-corrected chi connectivity index (χ2v) is 2.66. The predicted molar refractivity (Wildman–Crippen MR) is 44.0 cm³/mol. The van der Waals surface area contributed by atoms with Gasteiger partial charge in [0.15, 0.2) is 0 Å². The lowest BCUT2D eigenvalue weighted by atomic mass is 10.6. The van der Waals surface area contributed by atoms with Gasteiger partial charge in [0, 0.05) is 12.1 Å². The van der Waals surface area contributed by atoms with Crippen molar-refractivity contribution in [1.29, 1.82) is 0 Å². The number of carbonyl (C=O) groups excluding carboxylic acids is 1. The molecule has 0 aromatic carbocycles. The molecule has 0 spiro atoms. The Morgan fingerprint density at radius 2 is 1.60 bits per heavy atom. The Bertz CT molecular complexity index is 641. The molecule has 0 aliphatic carbocycles. The molecule has 2 bridgehead atoms. The van der Waals surface area contributed by atoms with Crippen LogP contribution in [0, 0.1) is 0 Å². The van der Waals surface area contributed by atoms with E-state index < -0.39 is 29.4 Å². The van der Waals surface area contributed by atoms with Gasteiger partial charge in [-0.1, -0.05) is 4.74 Å². The van der Waals surface area contributed by atoms with Crippen molar-refractivity contribution >= 4 is 5.91 Å². The van der Waals surface area contributed by atoms with Gasteiger partial charge in [0.05, 0.1) is 0 Å². The molecule has 0 saturated carbocycles. The van der Waals surface area contributed by atoms with Gasteiger partial charge in [-0.15, -0.1) is 4.74 Å². The molecule has 0 atom stereocenters. The standard InChI is InChI=1S/C7H4N2O6/c10-4-3-8-7(13)9(4)15-6(12)2-1-5(11)14-8/h1-2H,3H2. The normalized spacial score (nSPS) is 12.7. The summed E-state index contributed by atoms with van der Waals surface area (Å²) < 4.78 is 9.57. The first-order valence-electron chi connectivity index (χ1n) is 3.84. The zero-order chi connectivity index (χ0) is 11.0. The summed E-state index contributed by atoms with van der Waals surface area (Å²) in [7, 11) is 0. The van der Waals surface area contributed by atoms with E-state index in [0.717, 1.165) is 12.1 Å². The van der Waals surface area contributed by atoms with E-state index in [1.54, 1.807) is 0 Å². The van der Waals surface area contributed by atoms with Crippen LogP contribution in [0.3, 0.4) is 0 Å².